The Kier molecular flexibility index (Phi) is 2.71. The van der Waals surface area contributed by atoms with Gasteiger partial charge < -0.3 is 14.8 Å². The van der Waals surface area contributed by atoms with Gasteiger partial charge in [-0.3, -0.25) is 0 Å². The Bertz CT molecular complexity index is 411. The second-order valence-electron chi connectivity index (χ2n) is 5.27. The summed E-state index contributed by atoms with van der Waals surface area (Å²) >= 11 is 0. The normalized spacial score (nSPS) is 20.8. The average molecular weight is 233 g/mol. The van der Waals surface area contributed by atoms with Crippen molar-refractivity contribution in [1.29, 1.82) is 0 Å². The van der Waals surface area contributed by atoms with Gasteiger partial charge in [-0.2, -0.15) is 0 Å². The molecule has 3 nitrogen and oxygen atoms in total. The largest absolute Gasteiger partial charge is 0.454 e. The molecular weight excluding hydrogens is 214 g/mol. The summed E-state index contributed by atoms with van der Waals surface area (Å²) in [4.78, 5) is 0. The van der Waals surface area contributed by atoms with Crippen LogP contribution in [0.25, 0.3) is 0 Å². The third kappa shape index (κ3) is 2.12. The lowest BCUT2D eigenvalue weighted by molar-refractivity contribution is 0.173. The molecule has 0 aromatic heterocycles. The van der Waals surface area contributed by atoms with Crippen LogP contribution in [0.2, 0.25) is 0 Å². The zero-order valence-electron chi connectivity index (χ0n) is 10.3. The number of hydrogen-bond acceptors (Lipinski definition) is 3. The Morgan fingerprint density at radius 2 is 2.06 bits per heavy atom. The van der Waals surface area contributed by atoms with Gasteiger partial charge in [0.15, 0.2) is 11.5 Å². The molecule has 1 aromatic carbocycles. The van der Waals surface area contributed by atoms with E-state index >= 15 is 0 Å². The number of hydrogen-bond donors (Lipinski definition) is 1. The van der Waals surface area contributed by atoms with Gasteiger partial charge in [-0.05, 0) is 25.8 Å². The Morgan fingerprint density at radius 1 is 1.24 bits per heavy atom. The molecule has 92 valence electrons. The Balaban J connectivity index is 1.71. The molecule has 1 fully saturated rings. The standard InChI is InChI=1S/C14H19NO2/c1-14(7-2-3-8-14)15-9-11-5-4-6-12-13(11)17-10-16-12/h4-6,15H,2-3,7-10H2,1H3. The van der Waals surface area contributed by atoms with Gasteiger partial charge in [0.05, 0.1) is 0 Å². The maximum absolute atomic E-state index is 5.52. The second-order valence-corrected chi connectivity index (χ2v) is 5.27. The van der Waals surface area contributed by atoms with Crippen molar-refractivity contribution in [1.82, 2.24) is 5.32 Å². The summed E-state index contributed by atoms with van der Waals surface area (Å²) in [6.45, 7) is 3.53. The Labute approximate surface area is 102 Å². The lowest BCUT2D eigenvalue weighted by atomic mass is 10.00. The molecule has 1 heterocycles. The van der Waals surface area contributed by atoms with Gasteiger partial charge in [0.1, 0.15) is 0 Å². The molecule has 0 bridgehead atoms. The highest BCUT2D eigenvalue weighted by Crippen LogP contribution is 2.36. The zero-order valence-corrected chi connectivity index (χ0v) is 10.3. The number of nitrogens with one attached hydrogen (secondary N) is 1. The van der Waals surface area contributed by atoms with Crippen LogP contribution >= 0.6 is 0 Å². The van der Waals surface area contributed by atoms with Gasteiger partial charge in [-0.1, -0.05) is 25.0 Å². The maximum Gasteiger partial charge on any atom is 0.231 e. The van der Waals surface area contributed by atoms with Crippen molar-refractivity contribution in [3.05, 3.63) is 23.8 Å². The van der Waals surface area contributed by atoms with Crippen LogP contribution in [0.5, 0.6) is 11.5 Å². The summed E-state index contributed by atoms with van der Waals surface area (Å²) < 4.78 is 10.9. The van der Waals surface area contributed by atoms with Gasteiger partial charge in [0.25, 0.3) is 0 Å². The van der Waals surface area contributed by atoms with E-state index in [4.69, 9.17) is 9.47 Å². The minimum Gasteiger partial charge on any atom is -0.454 e. The van der Waals surface area contributed by atoms with Crippen LogP contribution in [0.3, 0.4) is 0 Å². The number of benzene rings is 1. The summed E-state index contributed by atoms with van der Waals surface area (Å²) in [5.74, 6) is 1.79. The maximum atomic E-state index is 5.52. The van der Waals surface area contributed by atoms with E-state index < -0.39 is 0 Å². The number of fused-ring (bicyclic) bond motifs is 1. The van der Waals surface area contributed by atoms with Crippen molar-refractivity contribution in [3.63, 3.8) is 0 Å². The van der Waals surface area contributed by atoms with Crippen molar-refractivity contribution in [2.75, 3.05) is 6.79 Å². The highest BCUT2D eigenvalue weighted by Gasteiger charge is 2.28. The fraction of sp³-hybridized carbons (Fsp3) is 0.571. The van der Waals surface area contributed by atoms with Crippen LogP contribution in [-0.2, 0) is 6.54 Å². The second kappa shape index (κ2) is 4.22. The minimum absolute atomic E-state index is 0.308. The summed E-state index contributed by atoms with van der Waals surface area (Å²) in [6.07, 6.45) is 5.24. The first-order chi connectivity index (χ1) is 8.27. The third-order valence-corrected chi connectivity index (χ3v) is 3.89. The molecular formula is C14H19NO2. The van der Waals surface area contributed by atoms with Crippen molar-refractivity contribution in [3.8, 4) is 11.5 Å². The van der Waals surface area contributed by atoms with Crippen molar-refractivity contribution in [2.24, 2.45) is 0 Å². The lowest BCUT2D eigenvalue weighted by Gasteiger charge is -2.25. The van der Waals surface area contributed by atoms with E-state index in [9.17, 15) is 0 Å². The van der Waals surface area contributed by atoms with Crippen LogP contribution in [0.4, 0.5) is 0 Å². The van der Waals surface area contributed by atoms with Crippen molar-refractivity contribution < 1.29 is 9.47 Å². The van der Waals surface area contributed by atoms with Crippen molar-refractivity contribution in [2.45, 2.75) is 44.7 Å². The molecule has 3 heteroatoms. The summed E-state index contributed by atoms with van der Waals surface area (Å²) in [7, 11) is 0. The Hall–Kier alpha value is -1.22. The smallest absolute Gasteiger partial charge is 0.231 e. The molecule has 17 heavy (non-hydrogen) atoms. The molecule has 0 atom stereocenters. The topological polar surface area (TPSA) is 30.5 Å². The van der Waals surface area contributed by atoms with E-state index in [0.29, 0.717) is 12.3 Å². The highest BCUT2D eigenvalue weighted by molar-refractivity contribution is 5.48. The summed E-state index contributed by atoms with van der Waals surface area (Å²) in [5.41, 5.74) is 1.51. The molecule has 0 spiro atoms. The molecule has 1 N–H and O–H groups in total. The number of ether oxygens (including phenoxy) is 2. The monoisotopic (exact) mass is 233 g/mol. The van der Waals surface area contributed by atoms with Gasteiger partial charge >= 0.3 is 0 Å². The predicted molar refractivity (Wildman–Crippen MR) is 66.3 cm³/mol. The first-order valence-corrected chi connectivity index (χ1v) is 6.39. The van der Waals surface area contributed by atoms with Gasteiger partial charge in [-0.15, -0.1) is 0 Å². The van der Waals surface area contributed by atoms with E-state index in [0.717, 1.165) is 18.0 Å². The lowest BCUT2D eigenvalue weighted by Crippen LogP contribution is -2.38. The molecule has 1 aliphatic carbocycles. The number of para-hydroxylation sites is 1. The van der Waals surface area contributed by atoms with E-state index in [1.54, 1.807) is 0 Å². The SMILES string of the molecule is CC1(NCc2cccc3c2OCO3)CCCC1. The Morgan fingerprint density at radius 3 is 2.88 bits per heavy atom. The zero-order chi connectivity index (χ0) is 11.7. The predicted octanol–water partition coefficient (Wildman–Crippen LogP) is 2.84. The summed E-state index contributed by atoms with van der Waals surface area (Å²) in [6, 6.07) is 6.10. The average Bonchev–Trinajstić information content (AvgIpc) is 2.95. The van der Waals surface area contributed by atoms with E-state index in [1.807, 2.05) is 12.1 Å². The van der Waals surface area contributed by atoms with Gasteiger partial charge in [0.2, 0.25) is 6.79 Å². The van der Waals surface area contributed by atoms with Crippen LogP contribution in [0.1, 0.15) is 38.2 Å². The quantitative estimate of drug-likeness (QED) is 0.870. The fourth-order valence-corrected chi connectivity index (χ4v) is 2.77. The molecule has 2 aliphatic rings. The van der Waals surface area contributed by atoms with E-state index in [1.165, 1.54) is 31.2 Å². The van der Waals surface area contributed by atoms with Gasteiger partial charge in [-0.25, -0.2) is 0 Å². The van der Waals surface area contributed by atoms with Crippen LogP contribution in [-0.4, -0.2) is 12.3 Å². The van der Waals surface area contributed by atoms with Crippen LogP contribution < -0.4 is 14.8 Å². The molecule has 3 rings (SSSR count). The molecule has 0 radical (unpaired) electrons. The molecule has 1 saturated carbocycles. The minimum atomic E-state index is 0.308. The summed E-state index contributed by atoms with van der Waals surface area (Å²) in [5, 5.41) is 3.67. The molecule has 1 aliphatic heterocycles. The molecule has 1 aromatic rings. The fourth-order valence-electron chi connectivity index (χ4n) is 2.77. The molecule has 0 unspecified atom stereocenters. The van der Waals surface area contributed by atoms with Gasteiger partial charge in [0, 0.05) is 17.6 Å². The molecule has 0 saturated heterocycles. The first kappa shape index (κ1) is 10.9. The van der Waals surface area contributed by atoms with Crippen LogP contribution in [0.15, 0.2) is 18.2 Å². The first-order valence-electron chi connectivity index (χ1n) is 6.39. The third-order valence-electron chi connectivity index (χ3n) is 3.89. The number of rotatable bonds is 3. The van der Waals surface area contributed by atoms with Crippen molar-refractivity contribution >= 4 is 0 Å². The highest BCUT2D eigenvalue weighted by atomic mass is 16.7. The molecule has 0 amide bonds. The van der Waals surface area contributed by atoms with E-state index in [-0.39, 0.29) is 0 Å². The van der Waals surface area contributed by atoms with Crippen LogP contribution in [0, 0.1) is 0 Å². The van der Waals surface area contributed by atoms with E-state index in [2.05, 4.69) is 18.3 Å².